The standard InChI is InChI=1S/C14H22FN3O/c1-3-6-18(10-14(19)17-2)9-12-5-4-11(8-16)7-13(12)15/h4-5,7H,3,6,8-10,16H2,1-2H3,(H,17,19). The molecule has 0 aliphatic rings. The minimum atomic E-state index is -0.263. The lowest BCUT2D eigenvalue weighted by molar-refractivity contribution is -0.121. The summed E-state index contributed by atoms with van der Waals surface area (Å²) in [5, 5.41) is 2.58. The molecule has 19 heavy (non-hydrogen) atoms. The van der Waals surface area contributed by atoms with E-state index in [0.717, 1.165) is 18.5 Å². The highest BCUT2D eigenvalue weighted by Gasteiger charge is 2.12. The molecule has 0 atom stereocenters. The maximum Gasteiger partial charge on any atom is 0.233 e. The third-order valence-corrected chi connectivity index (χ3v) is 2.93. The van der Waals surface area contributed by atoms with Crippen LogP contribution in [0.15, 0.2) is 18.2 Å². The van der Waals surface area contributed by atoms with Gasteiger partial charge in [0.1, 0.15) is 5.82 Å². The molecule has 0 aromatic heterocycles. The Morgan fingerprint density at radius 2 is 2.21 bits per heavy atom. The van der Waals surface area contributed by atoms with Crippen LogP contribution < -0.4 is 11.1 Å². The minimum Gasteiger partial charge on any atom is -0.358 e. The highest BCUT2D eigenvalue weighted by atomic mass is 19.1. The van der Waals surface area contributed by atoms with Crippen LogP contribution in [0.1, 0.15) is 24.5 Å². The normalized spacial score (nSPS) is 10.8. The Kier molecular flexibility index (Phi) is 6.45. The predicted molar refractivity (Wildman–Crippen MR) is 73.9 cm³/mol. The first-order chi connectivity index (χ1) is 9.10. The Balaban J connectivity index is 2.75. The molecular weight excluding hydrogens is 245 g/mol. The van der Waals surface area contributed by atoms with E-state index in [1.807, 2.05) is 17.9 Å². The van der Waals surface area contributed by atoms with E-state index in [9.17, 15) is 9.18 Å². The number of benzene rings is 1. The third kappa shape index (κ3) is 4.96. The molecule has 1 aromatic carbocycles. The first kappa shape index (κ1) is 15.6. The van der Waals surface area contributed by atoms with Gasteiger partial charge in [-0.1, -0.05) is 19.1 Å². The van der Waals surface area contributed by atoms with E-state index in [2.05, 4.69) is 5.32 Å². The first-order valence-electron chi connectivity index (χ1n) is 6.51. The molecule has 0 saturated carbocycles. The van der Waals surface area contributed by atoms with Crippen molar-refractivity contribution >= 4 is 5.91 Å². The summed E-state index contributed by atoms with van der Waals surface area (Å²) in [6, 6.07) is 5.02. The maximum atomic E-state index is 13.9. The Bertz CT molecular complexity index is 423. The van der Waals surface area contributed by atoms with Gasteiger partial charge in [-0.05, 0) is 24.6 Å². The summed E-state index contributed by atoms with van der Waals surface area (Å²) < 4.78 is 13.9. The van der Waals surface area contributed by atoms with E-state index in [0.29, 0.717) is 18.7 Å². The summed E-state index contributed by atoms with van der Waals surface area (Å²) in [4.78, 5) is 13.3. The van der Waals surface area contributed by atoms with Crippen molar-refractivity contribution in [2.45, 2.75) is 26.4 Å². The van der Waals surface area contributed by atoms with Gasteiger partial charge in [0.2, 0.25) is 5.91 Å². The lowest BCUT2D eigenvalue weighted by Crippen LogP contribution is -2.35. The van der Waals surface area contributed by atoms with Crippen LogP contribution in [0.25, 0.3) is 0 Å². The third-order valence-electron chi connectivity index (χ3n) is 2.93. The van der Waals surface area contributed by atoms with Gasteiger partial charge in [0.25, 0.3) is 0 Å². The maximum absolute atomic E-state index is 13.9. The van der Waals surface area contributed by atoms with Gasteiger partial charge in [0, 0.05) is 25.7 Å². The quantitative estimate of drug-likeness (QED) is 0.781. The number of nitrogens with zero attached hydrogens (tertiary/aromatic N) is 1. The zero-order valence-corrected chi connectivity index (χ0v) is 11.6. The summed E-state index contributed by atoms with van der Waals surface area (Å²) in [6.07, 6.45) is 0.916. The largest absolute Gasteiger partial charge is 0.358 e. The van der Waals surface area contributed by atoms with Crippen molar-refractivity contribution in [1.82, 2.24) is 10.2 Å². The van der Waals surface area contributed by atoms with Gasteiger partial charge >= 0.3 is 0 Å². The van der Waals surface area contributed by atoms with Gasteiger partial charge in [-0.15, -0.1) is 0 Å². The average Bonchev–Trinajstić information content (AvgIpc) is 2.41. The molecule has 0 radical (unpaired) electrons. The van der Waals surface area contributed by atoms with E-state index in [1.54, 1.807) is 13.1 Å². The van der Waals surface area contributed by atoms with Crippen LogP contribution in [0.4, 0.5) is 4.39 Å². The summed E-state index contributed by atoms with van der Waals surface area (Å²) in [7, 11) is 1.60. The van der Waals surface area contributed by atoms with E-state index in [-0.39, 0.29) is 18.3 Å². The average molecular weight is 267 g/mol. The molecule has 0 aliphatic heterocycles. The highest BCUT2D eigenvalue weighted by Crippen LogP contribution is 2.13. The summed E-state index contributed by atoms with van der Waals surface area (Å²) in [6.45, 7) is 3.82. The molecule has 106 valence electrons. The summed E-state index contributed by atoms with van der Waals surface area (Å²) in [5.74, 6) is -0.326. The van der Waals surface area contributed by atoms with Gasteiger partial charge in [0.05, 0.1) is 6.54 Å². The molecule has 0 saturated heterocycles. The Morgan fingerprint density at radius 1 is 1.47 bits per heavy atom. The van der Waals surface area contributed by atoms with E-state index in [1.165, 1.54) is 6.07 Å². The van der Waals surface area contributed by atoms with Gasteiger partial charge < -0.3 is 11.1 Å². The molecular formula is C14H22FN3O. The van der Waals surface area contributed by atoms with Crippen LogP contribution in [-0.2, 0) is 17.9 Å². The van der Waals surface area contributed by atoms with Gasteiger partial charge in [0.15, 0.2) is 0 Å². The molecule has 5 heteroatoms. The highest BCUT2D eigenvalue weighted by molar-refractivity contribution is 5.77. The number of likely N-dealkylation sites (N-methyl/N-ethyl adjacent to an activating group) is 1. The topological polar surface area (TPSA) is 58.4 Å². The SMILES string of the molecule is CCCN(CC(=O)NC)Cc1ccc(CN)cc1F. The van der Waals surface area contributed by atoms with E-state index < -0.39 is 0 Å². The second kappa shape index (κ2) is 7.86. The number of hydrogen-bond acceptors (Lipinski definition) is 3. The fourth-order valence-electron chi connectivity index (χ4n) is 1.90. The lowest BCUT2D eigenvalue weighted by Gasteiger charge is -2.21. The van der Waals surface area contributed by atoms with Crippen molar-refractivity contribution in [3.63, 3.8) is 0 Å². The van der Waals surface area contributed by atoms with Crippen LogP contribution in [0, 0.1) is 5.82 Å². The van der Waals surface area contributed by atoms with Crippen LogP contribution in [0.5, 0.6) is 0 Å². The molecule has 0 fully saturated rings. The zero-order chi connectivity index (χ0) is 14.3. The van der Waals surface area contributed by atoms with Gasteiger partial charge in [-0.25, -0.2) is 4.39 Å². The second-order valence-electron chi connectivity index (χ2n) is 4.51. The molecule has 1 rings (SSSR count). The number of nitrogens with one attached hydrogen (secondary N) is 1. The summed E-state index contributed by atoms with van der Waals surface area (Å²) >= 11 is 0. The molecule has 4 nitrogen and oxygen atoms in total. The Morgan fingerprint density at radius 3 is 2.74 bits per heavy atom. The van der Waals surface area contributed by atoms with Crippen molar-refractivity contribution in [3.05, 3.63) is 35.1 Å². The number of amides is 1. The Labute approximate surface area is 113 Å². The number of hydrogen-bond donors (Lipinski definition) is 2. The fraction of sp³-hybridized carbons (Fsp3) is 0.500. The second-order valence-corrected chi connectivity index (χ2v) is 4.51. The Hall–Kier alpha value is -1.46. The molecule has 1 aromatic rings. The minimum absolute atomic E-state index is 0.0626. The van der Waals surface area contributed by atoms with Crippen molar-refractivity contribution in [1.29, 1.82) is 0 Å². The molecule has 0 unspecified atom stereocenters. The smallest absolute Gasteiger partial charge is 0.233 e. The fourth-order valence-corrected chi connectivity index (χ4v) is 1.90. The molecule has 0 bridgehead atoms. The van der Waals surface area contributed by atoms with Gasteiger partial charge in [-0.2, -0.15) is 0 Å². The van der Waals surface area contributed by atoms with E-state index >= 15 is 0 Å². The number of rotatable bonds is 7. The molecule has 3 N–H and O–H groups in total. The van der Waals surface area contributed by atoms with Crippen LogP contribution >= 0.6 is 0 Å². The zero-order valence-electron chi connectivity index (χ0n) is 11.6. The van der Waals surface area contributed by atoms with Crippen LogP contribution in [0.3, 0.4) is 0 Å². The summed E-state index contributed by atoms with van der Waals surface area (Å²) in [5.41, 5.74) is 6.84. The first-order valence-corrected chi connectivity index (χ1v) is 6.51. The van der Waals surface area contributed by atoms with Crippen LogP contribution in [0.2, 0.25) is 0 Å². The van der Waals surface area contributed by atoms with Crippen molar-refractivity contribution < 1.29 is 9.18 Å². The number of nitrogens with two attached hydrogens (primary N) is 1. The van der Waals surface area contributed by atoms with Crippen molar-refractivity contribution in [3.8, 4) is 0 Å². The number of halogens is 1. The monoisotopic (exact) mass is 267 g/mol. The number of carbonyl (C=O) groups is 1. The number of carbonyl (C=O) groups excluding carboxylic acids is 1. The molecule has 0 aliphatic carbocycles. The molecule has 0 heterocycles. The van der Waals surface area contributed by atoms with E-state index in [4.69, 9.17) is 5.73 Å². The molecule has 0 spiro atoms. The van der Waals surface area contributed by atoms with Crippen molar-refractivity contribution in [2.24, 2.45) is 5.73 Å². The predicted octanol–water partition coefficient (Wildman–Crippen LogP) is 1.24. The lowest BCUT2D eigenvalue weighted by atomic mass is 10.1. The molecule has 1 amide bonds. The van der Waals surface area contributed by atoms with Crippen molar-refractivity contribution in [2.75, 3.05) is 20.1 Å². The van der Waals surface area contributed by atoms with Crippen LogP contribution in [-0.4, -0.2) is 30.9 Å². The van der Waals surface area contributed by atoms with Gasteiger partial charge in [-0.3, -0.25) is 9.69 Å².